The lowest BCUT2D eigenvalue weighted by Crippen LogP contribution is -2.26. The molecular weight excluding hydrogens is 170 g/mol. The topological polar surface area (TPSA) is 64.0 Å². The normalized spacial score (nSPS) is 9.69. The number of aryl methyl sites for hydroxylation is 1. The van der Waals surface area contributed by atoms with Crippen LogP contribution in [0.3, 0.4) is 0 Å². The van der Waals surface area contributed by atoms with Crippen molar-refractivity contribution < 1.29 is 4.79 Å². The zero-order valence-corrected chi connectivity index (χ0v) is 7.57. The minimum Gasteiger partial charge on any atom is -0.382 e. The lowest BCUT2D eigenvalue weighted by molar-refractivity contribution is -0.108. The number of anilines is 1. The van der Waals surface area contributed by atoms with Crippen LogP contribution in [0.15, 0.2) is 11.0 Å². The molecule has 0 bridgehead atoms. The third-order valence-corrected chi connectivity index (χ3v) is 1.77. The monoisotopic (exact) mass is 181 g/mol. The number of rotatable bonds is 3. The lowest BCUT2D eigenvalue weighted by Gasteiger charge is -2.06. The van der Waals surface area contributed by atoms with E-state index in [1.165, 1.54) is 10.8 Å². The Kier molecular flexibility index (Phi) is 2.79. The van der Waals surface area contributed by atoms with Crippen LogP contribution in [0.5, 0.6) is 0 Å². The Labute approximate surface area is 75.4 Å². The Morgan fingerprint density at radius 3 is 2.92 bits per heavy atom. The smallest absolute Gasteiger partial charge is 0.277 e. The van der Waals surface area contributed by atoms with E-state index < -0.39 is 0 Å². The number of carbonyl (C=O) groups excluding carboxylic acids is 1. The Morgan fingerprint density at radius 2 is 2.38 bits per heavy atom. The molecule has 0 saturated heterocycles. The van der Waals surface area contributed by atoms with Gasteiger partial charge in [0.15, 0.2) is 0 Å². The summed E-state index contributed by atoms with van der Waals surface area (Å²) in [7, 11) is 1.64. The van der Waals surface area contributed by atoms with Crippen molar-refractivity contribution in [3.63, 3.8) is 0 Å². The minimum atomic E-state index is -0.220. The van der Waals surface area contributed by atoms with Crippen LogP contribution in [0.25, 0.3) is 0 Å². The highest BCUT2D eigenvalue weighted by Gasteiger charge is 2.04. The molecule has 0 radical (unpaired) electrons. The molecule has 70 valence electrons. The molecule has 1 rings (SSSR count). The van der Waals surface area contributed by atoms with E-state index >= 15 is 0 Å². The van der Waals surface area contributed by atoms with E-state index in [2.05, 4.69) is 10.3 Å². The number of hydrogen-bond donors (Lipinski definition) is 1. The Balaban J connectivity index is 3.29. The summed E-state index contributed by atoms with van der Waals surface area (Å²) in [5.41, 5.74) is 0.176. The van der Waals surface area contributed by atoms with Gasteiger partial charge in [-0.2, -0.15) is 0 Å². The summed E-state index contributed by atoms with van der Waals surface area (Å²) in [5, 5.41) is 2.71. The van der Waals surface area contributed by atoms with Gasteiger partial charge in [0.1, 0.15) is 17.8 Å². The van der Waals surface area contributed by atoms with Gasteiger partial charge in [0.25, 0.3) is 5.56 Å². The molecule has 0 amide bonds. The summed E-state index contributed by atoms with van der Waals surface area (Å²) in [6.07, 6.45) is 2.13. The molecule has 1 aromatic rings. The maximum Gasteiger partial charge on any atom is 0.277 e. The zero-order chi connectivity index (χ0) is 9.84. The van der Waals surface area contributed by atoms with Crippen molar-refractivity contribution >= 4 is 12.0 Å². The molecule has 0 fully saturated rings. The van der Waals surface area contributed by atoms with Crippen LogP contribution in [0.2, 0.25) is 0 Å². The van der Waals surface area contributed by atoms with Crippen molar-refractivity contribution in [1.29, 1.82) is 0 Å². The number of aldehydes is 1. The summed E-state index contributed by atoms with van der Waals surface area (Å²) in [6.45, 7) is 1.73. The molecule has 0 saturated carbocycles. The Bertz CT molecular complexity index is 370. The van der Waals surface area contributed by atoms with Crippen molar-refractivity contribution in [3.8, 4) is 0 Å². The Morgan fingerprint density at radius 1 is 1.69 bits per heavy atom. The fraction of sp³-hybridized carbons (Fsp3) is 0.375. The van der Waals surface area contributed by atoms with Gasteiger partial charge in [-0.25, -0.2) is 4.98 Å². The van der Waals surface area contributed by atoms with E-state index in [1.54, 1.807) is 14.0 Å². The summed E-state index contributed by atoms with van der Waals surface area (Å²) < 4.78 is 1.32. The standard InChI is InChI=1S/C8H11N3O2/c1-6-10-5-7(9-2)8(13)11(6)3-4-12/h4-5,9H,3H2,1-2H3. The van der Waals surface area contributed by atoms with E-state index in [1.807, 2.05) is 0 Å². The van der Waals surface area contributed by atoms with Crippen LogP contribution < -0.4 is 10.9 Å². The summed E-state index contributed by atoms with van der Waals surface area (Å²) in [5.74, 6) is 0.538. The van der Waals surface area contributed by atoms with Gasteiger partial charge in [-0.15, -0.1) is 0 Å². The van der Waals surface area contributed by atoms with Crippen LogP contribution in [-0.4, -0.2) is 22.9 Å². The summed E-state index contributed by atoms with van der Waals surface area (Å²) >= 11 is 0. The first-order chi connectivity index (χ1) is 6.20. The molecule has 0 aliphatic carbocycles. The maximum atomic E-state index is 11.5. The number of carbonyl (C=O) groups is 1. The van der Waals surface area contributed by atoms with Crippen LogP contribution in [-0.2, 0) is 11.3 Å². The molecule has 1 N–H and O–H groups in total. The SMILES string of the molecule is CNc1cnc(C)n(CC=O)c1=O. The largest absolute Gasteiger partial charge is 0.382 e. The van der Waals surface area contributed by atoms with Crippen molar-refractivity contribution in [2.75, 3.05) is 12.4 Å². The molecule has 5 heteroatoms. The summed E-state index contributed by atoms with van der Waals surface area (Å²) in [6, 6.07) is 0. The first-order valence-corrected chi connectivity index (χ1v) is 3.88. The van der Waals surface area contributed by atoms with Gasteiger partial charge in [-0.1, -0.05) is 0 Å². The fourth-order valence-corrected chi connectivity index (χ4v) is 1.04. The van der Waals surface area contributed by atoms with Gasteiger partial charge < -0.3 is 10.1 Å². The van der Waals surface area contributed by atoms with Crippen molar-refractivity contribution in [2.45, 2.75) is 13.5 Å². The highest BCUT2D eigenvalue weighted by molar-refractivity contribution is 5.50. The van der Waals surface area contributed by atoms with E-state index in [9.17, 15) is 9.59 Å². The average Bonchev–Trinajstić information content (AvgIpc) is 2.12. The van der Waals surface area contributed by atoms with Crippen LogP contribution >= 0.6 is 0 Å². The molecule has 0 aromatic carbocycles. The van der Waals surface area contributed by atoms with Crippen LogP contribution in [0.1, 0.15) is 5.82 Å². The fourth-order valence-electron chi connectivity index (χ4n) is 1.04. The number of nitrogens with one attached hydrogen (secondary N) is 1. The van der Waals surface area contributed by atoms with E-state index in [0.717, 1.165) is 0 Å². The second kappa shape index (κ2) is 3.84. The van der Waals surface area contributed by atoms with Gasteiger partial charge >= 0.3 is 0 Å². The maximum absolute atomic E-state index is 11.5. The number of hydrogen-bond acceptors (Lipinski definition) is 4. The number of aromatic nitrogens is 2. The molecule has 0 aliphatic heterocycles. The lowest BCUT2D eigenvalue weighted by atomic mass is 10.4. The van der Waals surface area contributed by atoms with Gasteiger partial charge in [-0.3, -0.25) is 9.36 Å². The quantitative estimate of drug-likeness (QED) is 0.655. The second-order valence-electron chi connectivity index (χ2n) is 2.55. The molecule has 0 spiro atoms. The molecule has 0 unspecified atom stereocenters. The van der Waals surface area contributed by atoms with Crippen molar-refractivity contribution in [2.24, 2.45) is 0 Å². The molecule has 0 atom stereocenters. The van der Waals surface area contributed by atoms with E-state index in [-0.39, 0.29) is 12.1 Å². The number of nitrogens with zero attached hydrogens (tertiary/aromatic N) is 2. The molecule has 13 heavy (non-hydrogen) atoms. The van der Waals surface area contributed by atoms with Crippen LogP contribution in [0.4, 0.5) is 5.69 Å². The highest BCUT2D eigenvalue weighted by atomic mass is 16.1. The van der Waals surface area contributed by atoms with Gasteiger partial charge in [-0.05, 0) is 6.92 Å². The predicted molar refractivity (Wildman–Crippen MR) is 48.8 cm³/mol. The van der Waals surface area contributed by atoms with Gasteiger partial charge in [0.05, 0.1) is 12.7 Å². The van der Waals surface area contributed by atoms with Gasteiger partial charge in [0, 0.05) is 7.05 Å². The third kappa shape index (κ3) is 1.74. The average molecular weight is 181 g/mol. The molecule has 1 heterocycles. The van der Waals surface area contributed by atoms with Crippen molar-refractivity contribution in [1.82, 2.24) is 9.55 Å². The molecule has 1 aromatic heterocycles. The molecular formula is C8H11N3O2. The van der Waals surface area contributed by atoms with Crippen molar-refractivity contribution in [3.05, 3.63) is 22.4 Å². The first-order valence-electron chi connectivity index (χ1n) is 3.88. The molecule has 5 nitrogen and oxygen atoms in total. The predicted octanol–water partition coefficient (Wildman–Crippen LogP) is -0.208. The summed E-state index contributed by atoms with van der Waals surface area (Å²) in [4.78, 5) is 25.8. The Hall–Kier alpha value is -1.65. The van der Waals surface area contributed by atoms with Crippen LogP contribution in [0, 0.1) is 6.92 Å². The second-order valence-corrected chi connectivity index (χ2v) is 2.55. The van der Waals surface area contributed by atoms with E-state index in [4.69, 9.17) is 0 Å². The minimum absolute atomic E-state index is 0.0488. The third-order valence-electron chi connectivity index (χ3n) is 1.77. The van der Waals surface area contributed by atoms with E-state index in [0.29, 0.717) is 17.8 Å². The molecule has 0 aliphatic rings. The first kappa shape index (κ1) is 9.44. The zero-order valence-electron chi connectivity index (χ0n) is 7.57. The highest BCUT2D eigenvalue weighted by Crippen LogP contribution is 1.96. The van der Waals surface area contributed by atoms with Gasteiger partial charge in [0.2, 0.25) is 0 Å².